The Hall–Kier alpha value is -0.810. The molecule has 1 aliphatic carbocycles. The molecule has 5 heteroatoms. The number of rotatable bonds is 7. The molecule has 0 amide bonds. The maximum Gasteiger partial charge on any atom is 0.193 e. The molecular formula is C15H29N3O2. The third-order valence-corrected chi connectivity index (χ3v) is 4.54. The summed E-state index contributed by atoms with van der Waals surface area (Å²) in [6.07, 6.45) is 4.92. The molecule has 1 unspecified atom stereocenters. The highest BCUT2D eigenvalue weighted by Crippen LogP contribution is 2.48. The number of nitrogens with one attached hydrogen (secondary N) is 1. The zero-order chi connectivity index (χ0) is 14.4. The first-order valence-electron chi connectivity index (χ1n) is 7.67. The van der Waals surface area contributed by atoms with Gasteiger partial charge in [0.2, 0.25) is 0 Å². The van der Waals surface area contributed by atoms with Gasteiger partial charge in [-0.25, -0.2) is 0 Å². The van der Waals surface area contributed by atoms with Crippen LogP contribution >= 0.6 is 0 Å². The van der Waals surface area contributed by atoms with Gasteiger partial charge in [-0.3, -0.25) is 4.99 Å². The standard InChI is InChI=1S/C15H29N3O2/c1-16-14(18(2)10-13-4-8-20-11-13)17-12-15(5-6-15)7-9-19-3/h13H,4-12H2,1-3H3,(H,16,17). The van der Waals surface area contributed by atoms with Crippen molar-refractivity contribution in [3.63, 3.8) is 0 Å². The van der Waals surface area contributed by atoms with Crippen molar-refractivity contribution in [1.29, 1.82) is 0 Å². The molecule has 1 atom stereocenters. The Morgan fingerprint density at radius 3 is 2.85 bits per heavy atom. The van der Waals surface area contributed by atoms with Gasteiger partial charge in [0.15, 0.2) is 5.96 Å². The fourth-order valence-electron chi connectivity index (χ4n) is 2.86. The summed E-state index contributed by atoms with van der Waals surface area (Å²) in [7, 11) is 5.75. The molecular weight excluding hydrogens is 254 g/mol. The van der Waals surface area contributed by atoms with E-state index < -0.39 is 0 Å². The van der Waals surface area contributed by atoms with Crippen molar-refractivity contribution >= 4 is 5.96 Å². The second kappa shape index (κ2) is 7.27. The predicted molar refractivity (Wildman–Crippen MR) is 81.1 cm³/mol. The van der Waals surface area contributed by atoms with E-state index in [1.165, 1.54) is 19.3 Å². The lowest BCUT2D eigenvalue weighted by Gasteiger charge is -2.26. The van der Waals surface area contributed by atoms with Crippen LogP contribution in [-0.4, -0.2) is 65.0 Å². The maximum atomic E-state index is 5.44. The molecule has 2 rings (SSSR count). The highest BCUT2D eigenvalue weighted by atomic mass is 16.5. The summed E-state index contributed by atoms with van der Waals surface area (Å²) in [5, 5.41) is 3.53. The minimum absolute atomic E-state index is 0.448. The van der Waals surface area contributed by atoms with Crippen molar-refractivity contribution in [1.82, 2.24) is 10.2 Å². The van der Waals surface area contributed by atoms with Crippen LogP contribution in [0.15, 0.2) is 4.99 Å². The minimum atomic E-state index is 0.448. The predicted octanol–water partition coefficient (Wildman–Crippen LogP) is 1.35. The molecule has 1 N–H and O–H groups in total. The molecule has 20 heavy (non-hydrogen) atoms. The molecule has 116 valence electrons. The number of methoxy groups -OCH3 is 1. The van der Waals surface area contributed by atoms with Gasteiger partial charge in [-0.1, -0.05) is 0 Å². The van der Waals surface area contributed by atoms with Gasteiger partial charge in [0.05, 0.1) is 6.61 Å². The van der Waals surface area contributed by atoms with Crippen LogP contribution in [0.1, 0.15) is 25.7 Å². The molecule has 0 aromatic rings. The summed E-state index contributed by atoms with van der Waals surface area (Å²) in [6.45, 7) is 4.68. The van der Waals surface area contributed by atoms with Crippen LogP contribution in [0.25, 0.3) is 0 Å². The lowest BCUT2D eigenvalue weighted by Crippen LogP contribution is -2.43. The van der Waals surface area contributed by atoms with Crippen molar-refractivity contribution in [2.24, 2.45) is 16.3 Å². The summed E-state index contributed by atoms with van der Waals surface area (Å²) in [5.74, 6) is 1.64. The Labute approximate surface area is 122 Å². The molecule has 1 saturated carbocycles. The second-order valence-electron chi connectivity index (χ2n) is 6.25. The van der Waals surface area contributed by atoms with Crippen molar-refractivity contribution in [3.05, 3.63) is 0 Å². The van der Waals surface area contributed by atoms with Gasteiger partial charge in [0.1, 0.15) is 0 Å². The van der Waals surface area contributed by atoms with Gasteiger partial charge in [-0.05, 0) is 31.1 Å². The highest BCUT2D eigenvalue weighted by Gasteiger charge is 2.42. The number of nitrogens with zero attached hydrogens (tertiary/aromatic N) is 2. The van der Waals surface area contributed by atoms with Crippen LogP contribution in [0.4, 0.5) is 0 Å². The molecule has 2 aliphatic rings. The van der Waals surface area contributed by atoms with Crippen LogP contribution in [0.5, 0.6) is 0 Å². The molecule has 2 fully saturated rings. The van der Waals surface area contributed by atoms with Crippen molar-refractivity contribution < 1.29 is 9.47 Å². The van der Waals surface area contributed by atoms with E-state index in [1.807, 2.05) is 7.05 Å². The lowest BCUT2D eigenvalue weighted by atomic mass is 10.0. The minimum Gasteiger partial charge on any atom is -0.385 e. The Bertz CT molecular complexity index is 323. The second-order valence-corrected chi connectivity index (χ2v) is 6.25. The van der Waals surface area contributed by atoms with Crippen LogP contribution < -0.4 is 5.32 Å². The Balaban J connectivity index is 1.74. The molecule has 1 aliphatic heterocycles. The van der Waals surface area contributed by atoms with Gasteiger partial charge in [0.25, 0.3) is 0 Å². The van der Waals surface area contributed by atoms with E-state index in [9.17, 15) is 0 Å². The Morgan fingerprint density at radius 1 is 1.50 bits per heavy atom. The number of hydrogen-bond donors (Lipinski definition) is 1. The van der Waals surface area contributed by atoms with E-state index in [2.05, 4.69) is 22.3 Å². The summed E-state index contributed by atoms with van der Waals surface area (Å²) >= 11 is 0. The maximum absolute atomic E-state index is 5.44. The van der Waals surface area contributed by atoms with Crippen LogP contribution in [0, 0.1) is 11.3 Å². The summed E-state index contributed by atoms with van der Waals surface area (Å²) in [4.78, 5) is 6.63. The summed E-state index contributed by atoms with van der Waals surface area (Å²) < 4.78 is 10.6. The molecule has 1 heterocycles. The number of guanidine groups is 1. The third kappa shape index (κ3) is 4.35. The van der Waals surface area contributed by atoms with Gasteiger partial charge in [0, 0.05) is 53.4 Å². The molecule has 0 aromatic heterocycles. The van der Waals surface area contributed by atoms with E-state index in [0.29, 0.717) is 11.3 Å². The van der Waals surface area contributed by atoms with E-state index in [0.717, 1.165) is 45.3 Å². The van der Waals surface area contributed by atoms with Crippen LogP contribution in [0.2, 0.25) is 0 Å². The molecule has 0 aromatic carbocycles. The topological polar surface area (TPSA) is 46.1 Å². The van der Waals surface area contributed by atoms with Crippen molar-refractivity contribution in [2.45, 2.75) is 25.7 Å². The average Bonchev–Trinajstić information content (AvgIpc) is 3.03. The normalized spacial score (nSPS) is 24.8. The third-order valence-electron chi connectivity index (χ3n) is 4.54. The first-order valence-corrected chi connectivity index (χ1v) is 7.67. The smallest absolute Gasteiger partial charge is 0.193 e. The number of ether oxygens (including phenoxy) is 2. The molecule has 0 spiro atoms. The molecule has 0 radical (unpaired) electrons. The van der Waals surface area contributed by atoms with Gasteiger partial charge in [-0.2, -0.15) is 0 Å². The van der Waals surface area contributed by atoms with Crippen molar-refractivity contribution in [2.75, 3.05) is 54.1 Å². The monoisotopic (exact) mass is 283 g/mol. The number of aliphatic imine (C=N–C) groups is 1. The summed E-state index contributed by atoms with van der Waals surface area (Å²) in [5.41, 5.74) is 0.448. The number of hydrogen-bond acceptors (Lipinski definition) is 3. The quantitative estimate of drug-likeness (QED) is 0.566. The Morgan fingerprint density at radius 2 is 2.30 bits per heavy atom. The SMILES string of the molecule is CN=C(NCC1(CCOC)CC1)N(C)CC1CCOC1. The fraction of sp³-hybridized carbons (Fsp3) is 0.933. The molecule has 0 bridgehead atoms. The van der Waals surface area contributed by atoms with E-state index in [1.54, 1.807) is 7.11 Å². The first kappa shape index (κ1) is 15.6. The Kier molecular flexibility index (Phi) is 5.66. The molecule has 1 saturated heterocycles. The van der Waals surface area contributed by atoms with Crippen LogP contribution in [-0.2, 0) is 9.47 Å². The lowest BCUT2D eigenvalue weighted by molar-refractivity contribution is 0.172. The van der Waals surface area contributed by atoms with E-state index >= 15 is 0 Å². The van der Waals surface area contributed by atoms with Gasteiger partial charge in [-0.15, -0.1) is 0 Å². The fourth-order valence-corrected chi connectivity index (χ4v) is 2.86. The first-order chi connectivity index (χ1) is 9.69. The summed E-state index contributed by atoms with van der Waals surface area (Å²) in [6, 6.07) is 0. The van der Waals surface area contributed by atoms with Gasteiger partial charge < -0.3 is 19.7 Å². The van der Waals surface area contributed by atoms with E-state index in [-0.39, 0.29) is 0 Å². The van der Waals surface area contributed by atoms with E-state index in [4.69, 9.17) is 9.47 Å². The van der Waals surface area contributed by atoms with Crippen LogP contribution in [0.3, 0.4) is 0 Å². The average molecular weight is 283 g/mol. The van der Waals surface area contributed by atoms with Gasteiger partial charge >= 0.3 is 0 Å². The van der Waals surface area contributed by atoms with Crippen molar-refractivity contribution in [3.8, 4) is 0 Å². The zero-order valence-electron chi connectivity index (χ0n) is 13.2. The largest absolute Gasteiger partial charge is 0.385 e. The highest BCUT2D eigenvalue weighted by molar-refractivity contribution is 5.79. The molecule has 5 nitrogen and oxygen atoms in total. The zero-order valence-corrected chi connectivity index (χ0v) is 13.2.